The maximum atomic E-state index is 13.7. The molecule has 6 nitrogen and oxygen atoms in total. The fourth-order valence-electron chi connectivity index (χ4n) is 2.94. The van der Waals surface area contributed by atoms with Crippen molar-refractivity contribution in [3.63, 3.8) is 0 Å². The van der Waals surface area contributed by atoms with Gasteiger partial charge in [0.1, 0.15) is 11.4 Å². The van der Waals surface area contributed by atoms with Crippen molar-refractivity contribution in [3.8, 4) is 0 Å². The molecular weight excluding hydrogens is 373 g/mol. The zero-order valence-electron chi connectivity index (χ0n) is 16.6. The number of aromatic amines is 1. The second kappa shape index (κ2) is 8.34. The van der Waals surface area contributed by atoms with E-state index in [1.807, 2.05) is 30.5 Å². The number of H-pyrrole nitrogens is 1. The number of benzene rings is 2. The van der Waals surface area contributed by atoms with Crippen molar-refractivity contribution in [2.45, 2.75) is 39.2 Å². The van der Waals surface area contributed by atoms with Gasteiger partial charge in [-0.2, -0.15) is 0 Å². The molecule has 0 aliphatic heterocycles. The van der Waals surface area contributed by atoms with Crippen LogP contribution < -0.4 is 10.6 Å². The summed E-state index contributed by atoms with van der Waals surface area (Å²) in [5.74, 6) is -0.806. The van der Waals surface area contributed by atoms with Gasteiger partial charge in [-0.1, -0.05) is 18.2 Å². The minimum atomic E-state index is -0.682. The number of nitrogens with one attached hydrogen (secondary N) is 3. The summed E-state index contributed by atoms with van der Waals surface area (Å²) in [7, 11) is 0. The lowest BCUT2D eigenvalue weighted by atomic mass is 10.1. The molecule has 1 aromatic heterocycles. The molecule has 1 heterocycles. The Morgan fingerprint density at radius 3 is 2.59 bits per heavy atom. The molecule has 2 aromatic carbocycles. The molecule has 3 aromatic rings. The maximum absolute atomic E-state index is 13.7. The summed E-state index contributed by atoms with van der Waals surface area (Å²) in [5, 5.41) is 6.28. The van der Waals surface area contributed by atoms with Crippen LogP contribution in [0.4, 0.5) is 20.6 Å². The number of aryl methyl sites for hydroxylation is 1. The Hall–Kier alpha value is -3.35. The number of ether oxygens (including phenoxy) is 1. The largest absolute Gasteiger partial charge is 0.444 e. The third-order valence-corrected chi connectivity index (χ3v) is 4.19. The average molecular weight is 397 g/mol. The monoisotopic (exact) mass is 397 g/mol. The molecule has 0 aliphatic rings. The van der Waals surface area contributed by atoms with Crippen LogP contribution >= 0.6 is 0 Å². The summed E-state index contributed by atoms with van der Waals surface area (Å²) >= 11 is 0. The number of amides is 2. The molecule has 29 heavy (non-hydrogen) atoms. The van der Waals surface area contributed by atoms with Gasteiger partial charge in [-0.05, 0) is 57.0 Å². The Bertz CT molecular complexity index is 1040. The standard InChI is InChI=1S/C22H24FN3O3/c1-22(2,3)29-21(28)26-18-10-9-15(23)12-19(18)25-20(27)11-8-14-13-24-17-7-5-4-6-16(14)17/h4-7,9-10,12-13,24H,8,11H2,1-3H3,(H,25,27)(H,26,28). The number of hydrogen-bond donors (Lipinski definition) is 3. The molecule has 0 atom stereocenters. The zero-order valence-corrected chi connectivity index (χ0v) is 16.6. The number of fused-ring (bicyclic) bond motifs is 1. The SMILES string of the molecule is CC(C)(C)OC(=O)Nc1ccc(F)cc1NC(=O)CCc1c[nH]c2ccccc12. The topological polar surface area (TPSA) is 83.2 Å². The van der Waals surface area contributed by atoms with Crippen molar-refractivity contribution in [2.75, 3.05) is 10.6 Å². The van der Waals surface area contributed by atoms with Gasteiger partial charge in [-0.15, -0.1) is 0 Å². The summed E-state index contributed by atoms with van der Waals surface area (Å²) in [6.07, 6.45) is 1.94. The van der Waals surface area contributed by atoms with E-state index in [1.54, 1.807) is 20.8 Å². The van der Waals surface area contributed by atoms with Gasteiger partial charge >= 0.3 is 6.09 Å². The molecular formula is C22H24FN3O3. The lowest BCUT2D eigenvalue weighted by Crippen LogP contribution is -2.27. The van der Waals surface area contributed by atoms with Gasteiger partial charge in [0.15, 0.2) is 0 Å². The second-order valence-electron chi connectivity index (χ2n) is 7.72. The molecule has 0 saturated heterocycles. The van der Waals surface area contributed by atoms with Gasteiger partial charge in [0.05, 0.1) is 11.4 Å². The Balaban J connectivity index is 1.66. The summed E-state index contributed by atoms with van der Waals surface area (Å²) in [6, 6.07) is 11.6. The van der Waals surface area contributed by atoms with E-state index in [0.29, 0.717) is 6.42 Å². The first-order chi connectivity index (χ1) is 13.7. The van der Waals surface area contributed by atoms with Crippen LogP contribution in [-0.4, -0.2) is 22.6 Å². The van der Waals surface area contributed by atoms with Crippen molar-refractivity contribution in [3.05, 3.63) is 60.0 Å². The molecule has 3 rings (SSSR count). The van der Waals surface area contributed by atoms with Crippen LogP contribution in [0, 0.1) is 5.82 Å². The molecule has 0 saturated carbocycles. The van der Waals surface area contributed by atoms with Crippen LogP contribution in [0.5, 0.6) is 0 Å². The number of carbonyl (C=O) groups is 2. The van der Waals surface area contributed by atoms with Gasteiger partial charge in [0.25, 0.3) is 0 Å². The zero-order chi connectivity index (χ0) is 21.0. The van der Waals surface area contributed by atoms with Gasteiger partial charge in [0, 0.05) is 23.5 Å². The lowest BCUT2D eigenvalue weighted by Gasteiger charge is -2.20. The molecule has 0 aliphatic carbocycles. The van der Waals surface area contributed by atoms with Crippen LogP contribution in [0.2, 0.25) is 0 Å². The summed E-state index contributed by atoms with van der Waals surface area (Å²) in [4.78, 5) is 27.6. The van der Waals surface area contributed by atoms with E-state index in [2.05, 4.69) is 15.6 Å². The Morgan fingerprint density at radius 1 is 1.07 bits per heavy atom. The number of halogens is 1. The average Bonchev–Trinajstić information content (AvgIpc) is 3.04. The van der Waals surface area contributed by atoms with E-state index in [4.69, 9.17) is 4.74 Å². The summed E-state index contributed by atoms with van der Waals surface area (Å²) in [5.41, 5.74) is 1.81. The highest BCUT2D eigenvalue weighted by Crippen LogP contribution is 2.25. The van der Waals surface area contributed by atoms with E-state index in [-0.39, 0.29) is 23.7 Å². The first kappa shape index (κ1) is 20.4. The van der Waals surface area contributed by atoms with Crippen LogP contribution in [0.25, 0.3) is 10.9 Å². The quantitative estimate of drug-likeness (QED) is 0.552. The number of rotatable bonds is 5. The number of hydrogen-bond acceptors (Lipinski definition) is 3. The van der Waals surface area contributed by atoms with Crippen LogP contribution in [-0.2, 0) is 16.0 Å². The van der Waals surface area contributed by atoms with E-state index in [1.165, 1.54) is 12.1 Å². The molecule has 152 valence electrons. The molecule has 0 spiro atoms. The predicted molar refractivity (Wildman–Crippen MR) is 112 cm³/mol. The number of para-hydroxylation sites is 1. The predicted octanol–water partition coefficient (Wildman–Crippen LogP) is 5.23. The molecule has 3 N–H and O–H groups in total. The number of carbonyl (C=O) groups excluding carboxylic acids is 2. The van der Waals surface area contributed by atoms with Crippen molar-refractivity contribution < 1.29 is 18.7 Å². The van der Waals surface area contributed by atoms with Crippen molar-refractivity contribution in [1.29, 1.82) is 0 Å². The Morgan fingerprint density at radius 2 is 1.83 bits per heavy atom. The Labute approximate surface area is 168 Å². The Kier molecular flexibility index (Phi) is 5.87. The minimum absolute atomic E-state index is 0.180. The van der Waals surface area contributed by atoms with Crippen LogP contribution in [0.15, 0.2) is 48.7 Å². The maximum Gasteiger partial charge on any atom is 0.412 e. The van der Waals surface area contributed by atoms with Crippen LogP contribution in [0.3, 0.4) is 0 Å². The highest BCUT2D eigenvalue weighted by Gasteiger charge is 2.18. The van der Waals surface area contributed by atoms with E-state index in [0.717, 1.165) is 22.5 Å². The summed E-state index contributed by atoms with van der Waals surface area (Å²) in [6.45, 7) is 5.22. The number of aromatic nitrogens is 1. The third kappa shape index (κ3) is 5.57. The van der Waals surface area contributed by atoms with Crippen molar-refractivity contribution in [2.24, 2.45) is 0 Å². The van der Waals surface area contributed by atoms with E-state index >= 15 is 0 Å². The van der Waals surface area contributed by atoms with Crippen molar-refractivity contribution >= 4 is 34.3 Å². The molecule has 2 amide bonds. The first-order valence-corrected chi connectivity index (χ1v) is 9.36. The summed E-state index contributed by atoms with van der Waals surface area (Å²) < 4.78 is 18.9. The normalized spacial score (nSPS) is 11.3. The van der Waals surface area contributed by atoms with Gasteiger partial charge in [-0.25, -0.2) is 9.18 Å². The van der Waals surface area contributed by atoms with Crippen LogP contribution in [0.1, 0.15) is 32.8 Å². The molecule has 0 unspecified atom stereocenters. The highest BCUT2D eigenvalue weighted by atomic mass is 19.1. The lowest BCUT2D eigenvalue weighted by molar-refractivity contribution is -0.116. The second-order valence-corrected chi connectivity index (χ2v) is 7.72. The van der Waals surface area contributed by atoms with E-state index in [9.17, 15) is 14.0 Å². The smallest absolute Gasteiger partial charge is 0.412 e. The molecule has 0 bridgehead atoms. The molecule has 0 radical (unpaired) electrons. The van der Waals surface area contributed by atoms with Gasteiger partial charge in [-0.3, -0.25) is 10.1 Å². The number of anilines is 2. The third-order valence-electron chi connectivity index (χ3n) is 4.19. The fourth-order valence-corrected chi connectivity index (χ4v) is 2.94. The minimum Gasteiger partial charge on any atom is -0.444 e. The van der Waals surface area contributed by atoms with E-state index < -0.39 is 17.5 Å². The van der Waals surface area contributed by atoms with Crippen molar-refractivity contribution in [1.82, 2.24) is 4.98 Å². The molecule has 7 heteroatoms. The fraction of sp³-hybridized carbons (Fsp3) is 0.273. The van der Waals surface area contributed by atoms with Gasteiger partial charge < -0.3 is 15.0 Å². The van der Waals surface area contributed by atoms with Gasteiger partial charge in [0.2, 0.25) is 5.91 Å². The first-order valence-electron chi connectivity index (χ1n) is 9.36. The highest BCUT2D eigenvalue weighted by molar-refractivity contribution is 5.98. The molecule has 0 fully saturated rings.